The third kappa shape index (κ3) is 7.45. The highest BCUT2D eigenvalue weighted by Crippen LogP contribution is 2.31. The summed E-state index contributed by atoms with van der Waals surface area (Å²) < 4.78 is 28.7. The Morgan fingerprint density at radius 2 is 1.59 bits per heavy atom. The summed E-state index contributed by atoms with van der Waals surface area (Å²) in [6.45, 7) is 4.95. The van der Waals surface area contributed by atoms with Gasteiger partial charge in [0.2, 0.25) is 11.8 Å². The summed E-state index contributed by atoms with van der Waals surface area (Å²) in [4.78, 5) is 28.2. The summed E-state index contributed by atoms with van der Waals surface area (Å²) in [5.74, 6) is -1.01. The fourth-order valence-electron chi connectivity index (χ4n) is 3.92. The van der Waals surface area contributed by atoms with E-state index in [4.69, 9.17) is 34.8 Å². The number of aryl methyl sites for hydroxylation is 1. The van der Waals surface area contributed by atoms with E-state index in [-0.39, 0.29) is 23.0 Å². The van der Waals surface area contributed by atoms with Crippen LogP contribution in [0.25, 0.3) is 0 Å². The first-order valence-electron chi connectivity index (χ1n) is 12.3. The Balaban J connectivity index is 2.09. The van der Waals surface area contributed by atoms with E-state index in [9.17, 15) is 18.0 Å². The molecule has 3 aromatic rings. The maximum atomic E-state index is 14.0. The molecule has 0 aliphatic carbocycles. The molecule has 0 radical (unpaired) electrons. The molecule has 1 N–H and O–H groups in total. The molecule has 0 unspecified atom stereocenters. The molecule has 0 spiro atoms. The van der Waals surface area contributed by atoms with Crippen molar-refractivity contribution in [3.8, 4) is 0 Å². The molecule has 0 bridgehead atoms. The Morgan fingerprint density at radius 3 is 2.21 bits per heavy atom. The molecule has 1 atom stereocenters. The molecule has 0 fully saturated rings. The van der Waals surface area contributed by atoms with Gasteiger partial charge in [-0.2, -0.15) is 0 Å². The van der Waals surface area contributed by atoms with Crippen molar-refractivity contribution < 1.29 is 18.0 Å². The van der Waals surface area contributed by atoms with E-state index < -0.39 is 28.5 Å². The Hall–Kier alpha value is -2.78. The van der Waals surface area contributed by atoms with E-state index in [1.165, 1.54) is 23.1 Å². The van der Waals surface area contributed by atoms with Gasteiger partial charge < -0.3 is 10.2 Å². The van der Waals surface area contributed by atoms with E-state index in [1.807, 2.05) is 6.92 Å². The molecule has 0 heterocycles. The van der Waals surface area contributed by atoms with Crippen LogP contribution in [0.5, 0.6) is 0 Å². The average Bonchev–Trinajstić information content (AvgIpc) is 2.91. The number of sulfonamides is 1. The van der Waals surface area contributed by atoms with Crippen molar-refractivity contribution in [3.63, 3.8) is 0 Å². The van der Waals surface area contributed by atoms with Crippen molar-refractivity contribution in [2.24, 2.45) is 0 Å². The number of rotatable bonds is 11. The van der Waals surface area contributed by atoms with Crippen LogP contribution in [0.1, 0.15) is 31.4 Å². The molecule has 2 amide bonds. The van der Waals surface area contributed by atoms with Crippen molar-refractivity contribution in [2.45, 2.75) is 44.7 Å². The third-order valence-electron chi connectivity index (χ3n) is 6.16. The zero-order valence-electron chi connectivity index (χ0n) is 21.8. The predicted molar refractivity (Wildman–Crippen MR) is 157 cm³/mol. The zero-order valence-corrected chi connectivity index (χ0v) is 24.9. The molecule has 3 rings (SSSR count). The number of amides is 2. The average molecular weight is 611 g/mol. The van der Waals surface area contributed by atoms with Gasteiger partial charge in [0.05, 0.1) is 10.6 Å². The lowest BCUT2D eigenvalue weighted by atomic mass is 10.1. The van der Waals surface area contributed by atoms with E-state index in [2.05, 4.69) is 5.32 Å². The number of benzene rings is 3. The number of hydrogen-bond donors (Lipinski definition) is 1. The molecule has 3 aromatic carbocycles. The topological polar surface area (TPSA) is 86.8 Å². The molecule has 7 nitrogen and oxygen atoms in total. The van der Waals surface area contributed by atoms with Crippen molar-refractivity contribution in [1.82, 2.24) is 10.2 Å². The van der Waals surface area contributed by atoms with Gasteiger partial charge in [0, 0.05) is 33.7 Å². The van der Waals surface area contributed by atoms with Crippen LogP contribution in [-0.2, 0) is 26.2 Å². The summed E-state index contributed by atoms with van der Waals surface area (Å²) in [5, 5.41) is 3.74. The molecule has 11 heteroatoms. The minimum Gasteiger partial charge on any atom is -0.354 e. The highest BCUT2D eigenvalue weighted by molar-refractivity contribution is 7.92. The summed E-state index contributed by atoms with van der Waals surface area (Å²) in [6, 6.07) is 16.6. The number of nitrogens with zero attached hydrogens (tertiary/aromatic N) is 2. The third-order valence-corrected chi connectivity index (χ3v) is 8.87. The van der Waals surface area contributed by atoms with Gasteiger partial charge in [0.15, 0.2) is 0 Å². The van der Waals surface area contributed by atoms with Gasteiger partial charge in [-0.1, -0.05) is 72.1 Å². The number of carbonyl (C=O) groups is 2. The molecule has 0 aliphatic heterocycles. The van der Waals surface area contributed by atoms with Gasteiger partial charge >= 0.3 is 0 Å². The first kappa shape index (κ1) is 30.8. The van der Waals surface area contributed by atoms with Crippen LogP contribution < -0.4 is 9.62 Å². The Kier molecular flexibility index (Phi) is 10.7. The normalized spacial score (nSPS) is 12.1. The fraction of sp³-hybridized carbons (Fsp3) is 0.286. The summed E-state index contributed by atoms with van der Waals surface area (Å²) in [6.07, 6.45) is 0.708. The second-order valence-corrected chi connectivity index (χ2v) is 12.1. The number of halogens is 3. The lowest BCUT2D eigenvalue weighted by molar-refractivity contribution is -0.139. The van der Waals surface area contributed by atoms with Crippen molar-refractivity contribution >= 4 is 62.3 Å². The highest BCUT2D eigenvalue weighted by Gasteiger charge is 2.33. The monoisotopic (exact) mass is 609 g/mol. The van der Waals surface area contributed by atoms with Crippen LogP contribution in [0.4, 0.5) is 5.69 Å². The largest absolute Gasteiger partial charge is 0.354 e. The summed E-state index contributed by atoms with van der Waals surface area (Å²) in [7, 11) is -4.20. The van der Waals surface area contributed by atoms with E-state index in [0.717, 1.165) is 4.31 Å². The van der Waals surface area contributed by atoms with Crippen LogP contribution in [-0.4, -0.2) is 44.3 Å². The summed E-state index contributed by atoms with van der Waals surface area (Å²) >= 11 is 19.0. The molecular weight excluding hydrogens is 581 g/mol. The Labute approximate surface area is 244 Å². The van der Waals surface area contributed by atoms with Crippen molar-refractivity contribution in [2.75, 3.05) is 17.4 Å². The standard InChI is InChI=1S/C28H30Cl3N3O4S/c1-4-15-32-28(36)20(3)33(17-23-24(30)11-8-12-25(23)31)27(35)18-34(26-16-21(29)14-13-19(26)2)39(37,38)22-9-6-5-7-10-22/h5-14,16,20H,4,15,17-18H2,1-3H3,(H,32,36)/t20-/m1/s1. The van der Waals surface area contributed by atoms with E-state index in [1.54, 1.807) is 62.4 Å². The molecule has 0 saturated heterocycles. The molecular formula is C28H30Cl3N3O4S. The van der Waals surface area contributed by atoms with E-state index >= 15 is 0 Å². The second-order valence-electron chi connectivity index (χ2n) is 8.94. The molecule has 0 aromatic heterocycles. The lowest BCUT2D eigenvalue weighted by Crippen LogP contribution is -2.51. The lowest BCUT2D eigenvalue weighted by Gasteiger charge is -2.32. The fourth-order valence-corrected chi connectivity index (χ4v) is 6.09. The van der Waals surface area contributed by atoms with Gasteiger partial charge in [-0.05, 0) is 62.2 Å². The van der Waals surface area contributed by atoms with E-state index in [0.29, 0.717) is 39.2 Å². The molecule has 208 valence electrons. The van der Waals surface area contributed by atoms with Gasteiger partial charge in [-0.3, -0.25) is 13.9 Å². The first-order valence-corrected chi connectivity index (χ1v) is 14.9. The predicted octanol–water partition coefficient (Wildman–Crippen LogP) is 6.09. The minimum absolute atomic E-state index is 0.00612. The smallest absolute Gasteiger partial charge is 0.264 e. The number of hydrogen-bond acceptors (Lipinski definition) is 4. The van der Waals surface area contributed by atoms with Gasteiger partial charge in [0.1, 0.15) is 12.6 Å². The Morgan fingerprint density at radius 1 is 0.949 bits per heavy atom. The quantitative estimate of drug-likeness (QED) is 0.285. The maximum absolute atomic E-state index is 14.0. The maximum Gasteiger partial charge on any atom is 0.264 e. The van der Waals surface area contributed by atoms with Gasteiger partial charge in [-0.15, -0.1) is 0 Å². The minimum atomic E-state index is -4.20. The summed E-state index contributed by atoms with van der Waals surface area (Å²) in [5.41, 5.74) is 1.29. The van der Waals surface area contributed by atoms with Crippen molar-refractivity contribution in [1.29, 1.82) is 0 Å². The Bertz CT molecular complexity index is 1410. The van der Waals surface area contributed by atoms with Gasteiger partial charge in [-0.25, -0.2) is 8.42 Å². The molecule has 0 saturated carbocycles. The first-order chi connectivity index (χ1) is 18.5. The highest BCUT2D eigenvalue weighted by atomic mass is 35.5. The SMILES string of the molecule is CCCNC(=O)[C@@H](C)N(Cc1c(Cl)cccc1Cl)C(=O)CN(c1cc(Cl)ccc1C)S(=O)(=O)c1ccccc1. The molecule has 0 aliphatic rings. The van der Waals surface area contributed by atoms with Crippen LogP contribution >= 0.6 is 34.8 Å². The van der Waals surface area contributed by atoms with Crippen molar-refractivity contribution in [3.05, 3.63) is 92.9 Å². The zero-order chi connectivity index (χ0) is 28.7. The van der Waals surface area contributed by atoms with Crippen LogP contribution in [0.2, 0.25) is 15.1 Å². The second kappa shape index (κ2) is 13.5. The molecule has 39 heavy (non-hydrogen) atoms. The van der Waals surface area contributed by atoms with Crippen LogP contribution in [0, 0.1) is 6.92 Å². The number of anilines is 1. The number of carbonyl (C=O) groups excluding carboxylic acids is 2. The number of nitrogens with one attached hydrogen (secondary N) is 1. The van der Waals surface area contributed by atoms with Gasteiger partial charge in [0.25, 0.3) is 10.0 Å². The van der Waals surface area contributed by atoms with Crippen LogP contribution in [0.3, 0.4) is 0 Å². The van der Waals surface area contributed by atoms with Crippen LogP contribution in [0.15, 0.2) is 71.6 Å².